The second kappa shape index (κ2) is 6.65. The standard InChI is InChI=1S/C16H21ClN2O4/c1-9-5-19(6-10(2)22-9)15-11(7-20)4-12-13(8-21-3)18-23-16(12)14(15)17/h4,9-10,20H,5-8H2,1-3H3/t9-,10+. The van der Waals surface area contributed by atoms with Gasteiger partial charge in [0.2, 0.25) is 0 Å². The zero-order valence-electron chi connectivity index (χ0n) is 13.5. The molecule has 1 aromatic heterocycles. The monoisotopic (exact) mass is 340 g/mol. The molecule has 23 heavy (non-hydrogen) atoms. The van der Waals surface area contributed by atoms with Gasteiger partial charge in [-0.15, -0.1) is 0 Å². The first-order chi connectivity index (χ1) is 11.0. The number of aromatic nitrogens is 1. The molecule has 0 spiro atoms. The van der Waals surface area contributed by atoms with Crippen molar-refractivity contribution in [2.24, 2.45) is 0 Å². The van der Waals surface area contributed by atoms with Gasteiger partial charge in [0.1, 0.15) is 10.7 Å². The number of ether oxygens (including phenoxy) is 2. The zero-order chi connectivity index (χ0) is 16.6. The molecule has 0 radical (unpaired) electrons. The predicted molar refractivity (Wildman–Crippen MR) is 87.9 cm³/mol. The summed E-state index contributed by atoms with van der Waals surface area (Å²) in [4.78, 5) is 2.14. The molecule has 0 unspecified atom stereocenters. The van der Waals surface area contributed by atoms with Crippen molar-refractivity contribution in [3.8, 4) is 0 Å². The molecule has 126 valence electrons. The Bertz CT molecular complexity index is 693. The van der Waals surface area contributed by atoms with Gasteiger partial charge in [-0.2, -0.15) is 0 Å². The quantitative estimate of drug-likeness (QED) is 0.923. The van der Waals surface area contributed by atoms with E-state index in [2.05, 4.69) is 10.1 Å². The van der Waals surface area contributed by atoms with Crippen molar-refractivity contribution in [2.45, 2.75) is 39.3 Å². The number of halogens is 1. The van der Waals surface area contributed by atoms with Crippen LogP contribution in [-0.4, -0.2) is 42.7 Å². The number of benzene rings is 1. The number of hydrogen-bond acceptors (Lipinski definition) is 6. The molecule has 0 saturated carbocycles. The molecule has 1 fully saturated rings. The minimum absolute atomic E-state index is 0.0934. The summed E-state index contributed by atoms with van der Waals surface area (Å²) >= 11 is 6.60. The fraction of sp³-hybridized carbons (Fsp3) is 0.562. The van der Waals surface area contributed by atoms with Gasteiger partial charge >= 0.3 is 0 Å². The SMILES string of the molecule is COCc1noc2c(Cl)c(N3C[C@@H](C)O[C@@H](C)C3)c(CO)cc12. The zero-order valence-corrected chi connectivity index (χ0v) is 14.3. The van der Waals surface area contributed by atoms with Crippen LogP contribution < -0.4 is 4.90 Å². The second-order valence-corrected chi connectivity index (χ2v) is 6.34. The Hall–Kier alpha value is -1.34. The van der Waals surface area contributed by atoms with Gasteiger partial charge in [-0.1, -0.05) is 16.8 Å². The summed E-state index contributed by atoms with van der Waals surface area (Å²) in [5.74, 6) is 0. The Morgan fingerprint density at radius 3 is 2.70 bits per heavy atom. The number of aliphatic hydroxyl groups excluding tert-OH is 1. The smallest absolute Gasteiger partial charge is 0.187 e. The first-order valence-electron chi connectivity index (χ1n) is 7.65. The maximum absolute atomic E-state index is 9.82. The molecule has 0 bridgehead atoms. The highest BCUT2D eigenvalue weighted by atomic mass is 35.5. The lowest BCUT2D eigenvalue weighted by Gasteiger charge is -2.38. The molecule has 7 heteroatoms. The van der Waals surface area contributed by atoms with Crippen LogP contribution in [0.2, 0.25) is 5.02 Å². The number of aliphatic hydroxyl groups is 1. The van der Waals surface area contributed by atoms with E-state index in [1.807, 2.05) is 19.9 Å². The summed E-state index contributed by atoms with van der Waals surface area (Å²) in [6.45, 7) is 5.70. The average molecular weight is 341 g/mol. The molecule has 6 nitrogen and oxygen atoms in total. The van der Waals surface area contributed by atoms with Gasteiger partial charge in [0, 0.05) is 31.1 Å². The first kappa shape index (κ1) is 16.5. The summed E-state index contributed by atoms with van der Waals surface area (Å²) in [5.41, 5.74) is 2.75. The molecule has 2 aromatic rings. The fourth-order valence-electron chi connectivity index (χ4n) is 3.19. The number of morpholine rings is 1. The molecule has 0 aliphatic carbocycles. The third kappa shape index (κ3) is 3.04. The maximum atomic E-state index is 9.82. The Labute approximate surface area is 139 Å². The topological polar surface area (TPSA) is 68.0 Å². The van der Waals surface area contributed by atoms with E-state index < -0.39 is 0 Å². The maximum Gasteiger partial charge on any atom is 0.187 e. The predicted octanol–water partition coefficient (Wildman–Crippen LogP) is 2.73. The highest BCUT2D eigenvalue weighted by molar-refractivity contribution is 6.38. The van der Waals surface area contributed by atoms with Gasteiger partial charge in [0.25, 0.3) is 0 Å². The molecule has 2 heterocycles. The van der Waals surface area contributed by atoms with Gasteiger partial charge in [0.05, 0.1) is 31.1 Å². The molecule has 1 aliphatic heterocycles. The second-order valence-electron chi connectivity index (χ2n) is 5.96. The van der Waals surface area contributed by atoms with E-state index in [9.17, 15) is 5.11 Å². The average Bonchev–Trinajstić information content (AvgIpc) is 2.89. The molecule has 1 N–H and O–H groups in total. The lowest BCUT2D eigenvalue weighted by atomic mass is 10.1. The minimum atomic E-state index is -0.108. The highest BCUT2D eigenvalue weighted by Gasteiger charge is 2.28. The van der Waals surface area contributed by atoms with E-state index >= 15 is 0 Å². The molecular formula is C16H21ClN2O4. The molecule has 1 saturated heterocycles. The number of nitrogens with zero attached hydrogens (tertiary/aromatic N) is 2. The normalized spacial score (nSPS) is 22.0. The van der Waals surface area contributed by atoms with Crippen molar-refractivity contribution < 1.29 is 19.1 Å². The van der Waals surface area contributed by atoms with Crippen LogP contribution >= 0.6 is 11.6 Å². The van der Waals surface area contributed by atoms with Gasteiger partial charge in [-0.05, 0) is 19.9 Å². The first-order valence-corrected chi connectivity index (χ1v) is 8.02. The van der Waals surface area contributed by atoms with Crippen LogP contribution in [0.3, 0.4) is 0 Å². The van der Waals surface area contributed by atoms with Gasteiger partial charge in [-0.25, -0.2) is 0 Å². The summed E-state index contributed by atoms with van der Waals surface area (Å²) < 4.78 is 16.3. The highest BCUT2D eigenvalue weighted by Crippen LogP contribution is 2.39. The molecular weight excluding hydrogens is 320 g/mol. The number of fused-ring (bicyclic) bond motifs is 1. The van der Waals surface area contributed by atoms with Crippen LogP contribution in [0.4, 0.5) is 5.69 Å². The fourth-order valence-corrected chi connectivity index (χ4v) is 3.57. The Kier molecular flexibility index (Phi) is 4.77. The number of rotatable bonds is 4. The van der Waals surface area contributed by atoms with E-state index in [1.165, 1.54) is 0 Å². The van der Waals surface area contributed by atoms with Crippen molar-refractivity contribution in [1.29, 1.82) is 0 Å². The third-order valence-corrected chi connectivity index (χ3v) is 4.37. The van der Waals surface area contributed by atoms with Crippen molar-refractivity contribution in [3.05, 3.63) is 22.3 Å². The van der Waals surface area contributed by atoms with Gasteiger partial charge in [-0.3, -0.25) is 0 Å². The molecule has 1 aliphatic rings. The van der Waals surface area contributed by atoms with Crippen molar-refractivity contribution >= 4 is 28.3 Å². The van der Waals surface area contributed by atoms with E-state index in [0.29, 0.717) is 36.0 Å². The van der Waals surface area contributed by atoms with Crippen LogP contribution in [0.5, 0.6) is 0 Å². The summed E-state index contributed by atoms with van der Waals surface area (Å²) in [5, 5.41) is 15.1. The van der Waals surface area contributed by atoms with Crippen LogP contribution in [0.15, 0.2) is 10.6 Å². The molecule has 0 amide bonds. The summed E-state index contributed by atoms with van der Waals surface area (Å²) in [6, 6.07) is 1.88. The Morgan fingerprint density at radius 1 is 1.39 bits per heavy atom. The number of anilines is 1. The van der Waals surface area contributed by atoms with Crippen LogP contribution in [0.1, 0.15) is 25.1 Å². The van der Waals surface area contributed by atoms with E-state index in [4.69, 9.17) is 25.6 Å². The number of hydrogen-bond donors (Lipinski definition) is 1. The van der Waals surface area contributed by atoms with Gasteiger partial charge in [0.15, 0.2) is 5.58 Å². The lowest BCUT2D eigenvalue weighted by molar-refractivity contribution is -0.00530. The van der Waals surface area contributed by atoms with Crippen LogP contribution in [0, 0.1) is 0 Å². The van der Waals surface area contributed by atoms with Crippen molar-refractivity contribution in [1.82, 2.24) is 5.16 Å². The Morgan fingerprint density at radius 2 is 2.09 bits per heavy atom. The van der Waals surface area contributed by atoms with Crippen LogP contribution in [-0.2, 0) is 22.7 Å². The largest absolute Gasteiger partial charge is 0.392 e. The molecule has 1 aromatic carbocycles. The van der Waals surface area contributed by atoms with E-state index in [-0.39, 0.29) is 18.8 Å². The summed E-state index contributed by atoms with van der Waals surface area (Å²) in [6.07, 6.45) is 0.187. The van der Waals surface area contributed by atoms with Crippen molar-refractivity contribution in [2.75, 3.05) is 25.1 Å². The lowest BCUT2D eigenvalue weighted by Crippen LogP contribution is -2.46. The van der Waals surface area contributed by atoms with Gasteiger partial charge < -0.3 is 24.0 Å². The minimum Gasteiger partial charge on any atom is -0.392 e. The third-order valence-electron chi connectivity index (χ3n) is 4.02. The van der Waals surface area contributed by atoms with Crippen molar-refractivity contribution in [3.63, 3.8) is 0 Å². The summed E-state index contributed by atoms with van der Waals surface area (Å²) in [7, 11) is 1.60. The van der Waals surface area contributed by atoms with E-state index in [0.717, 1.165) is 16.6 Å². The molecule has 2 atom stereocenters. The van der Waals surface area contributed by atoms with E-state index in [1.54, 1.807) is 7.11 Å². The van der Waals surface area contributed by atoms with Crippen LogP contribution in [0.25, 0.3) is 11.0 Å². The molecule has 3 rings (SSSR count). The number of methoxy groups -OCH3 is 1. The Balaban J connectivity index is 2.11.